The summed E-state index contributed by atoms with van der Waals surface area (Å²) >= 11 is 0. The zero-order valence-electron chi connectivity index (χ0n) is 11.6. The van der Waals surface area contributed by atoms with Crippen molar-refractivity contribution in [3.63, 3.8) is 0 Å². The van der Waals surface area contributed by atoms with Gasteiger partial charge in [0.25, 0.3) is 0 Å². The minimum absolute atomic E-state index is 0.111. The highest BCUT2D eigenvalue weighted by Gasteiger charge is 2.29. The largest absolute Gasteiger partial charge is 0.508 e. The first-order valence-corrected chi connectivity index (χ1v) is 6.97. The summed E-state index contributed by atoms with van der Waals surface area (Å²) in [6.07, 6.45) is 1.69. The lowest BCUT2D eigenvalue weighted by Gasteiger charge is -2.01. The van der Waals surface area contributed by atoms with E-state index in [2.05, 4.69) is 0 Å². The number of carbonyl (C=O) groups excluding carboxylic acids is 1. The van der Waals surface area contributed by atoms with Crippen LogP contribution in [0.25, 0.3) is 16.8 Å². The highest BCUT2D eigenvalue weighted by atomic mass is 16.5. The molecule has 0 saturated carbocycles. The van der Waals surface area contributed by atoms with Crippen molar-refractivity contribution in [1.29, 1.82) is 0 Å². The molecule has 3 aromatic carbocycles. The van der Waals surface area contributed by atoms with E-state index >= 15 is 0 Å². The molecule has 0 aromatic heterocycles. The van der Waals surface area contributed by atoms with Crippen molar-refractivity contribution in [3.8, 4) is 11.5 Å². The van der Waals surface area contributed by atoms with Gasteiger partial charge >= 0.3 is 0 Å². The summed E-state index contributed by atoms with van der Waals surface area (Å²) < 4.78 is 5.71. The molecule has 0 radical (unpaired) electrons. The molecule has 0 spiro atoms. The second-order valence-corrected chi connectivity index (χ2v) is 5.19. The number of carbonyl (C=O) groups is 1. The molecular weight excluding hydrogens is 276 g/mol. The number of fused-ring (bicyclic) bond motifs is 3. The predicted molar refractivity (Wildman–Crippen MR) is 85.0 cm³/mol. The fourth-order valence-corrected chi connectivity index (χ4v) is 2.68. The maximum atomic E-state index is 12.6. The van der Waals surface area contributed by atoms with Gasteiger partial charge in [-0.15, -0.1) is 0 Å². The van der Waals surface area contributed by atoms with Crippen LogP contribution in [-0.4, -0.2) is 10.9 Å². The van der Waals surface area contributed by atoms with Crippen LogP contribution in [0.5, 0.6) is 11.5 Å². The van der Waals surface area contributed by atoms with Crippen LogP contribution in [0.1, 0.15) is 15.9 Å². The number of ketones is 1. The van der Waals surface area contributed by atoms with Gasteiger partial charge in [-0.25, -0.2) is 0 Å². The molecule has 3 heteroatoms. The van der Waals surface area contributed by atoms with Crippen LogP contribution in [0, 0.1) is 0 Å². The molecule has 106 valence electrons. The molecule has 1 aliphatic heterocycles. The van der Waals surface area contributed by atoms with Gasteiger partial charge < -0.3 is 9.84 Å². The van der Waals surface area contributed by atoms with Crippen LogP contribution in [0.15, 0.2) is 66.4 Å². The summed E-state index contributed by atoms with van der Waals surface area (Å²) in [6.45, 7) is 0. The third kappa shape index (κ3) is 1.95. The number of phenolic OH excluding ortho intramolecular Hbond substituents is 1. The second kappa shape index (κ2) is 4.74. The molecule has 22 heavy (non-hydrogen) atoms. The average molecular weight is 288 g/mol. The van der Waals surface area contributed by atoms with E-state index in [0.29, 0.717) is 17.1 Å². The van der Waals surface area contributed by atoms with Crippen molar-refractivity contribution in [2.45, 2.75) is 0 Å². The Hall–Kier alpha value is -3.07. The zero-order valence-corrected chi connectivity index (χ0v) is 11.6. The van der Waals surface area contributed by atoms with Crippen LogP contribution in [-0.2, 0) is 0 Å². The SMILES string of the molecule is O=C1/C(=C/c2ccc(O)cc2)Oc2ccc3ccccc3c21. The molecule has 4 rings (SSSR count). The Morgan fingerprint density at radius 3 is 2.50 bits per heavy atom. The van der Waals surface area contributed by atoms with Gasteiger partial charge in [0.2, 0.25) is 5.78 Å². The molecule has 1 N–H and O–H groups in total. The molecular formula is C19H12O3. The molecule has 0 bridgehead atoms. The van der Waals surface area contributed by atoms with Crippen molar-refractivity contribution in [1.82, 2.24) is 0 Å². The number of phenols is 1. The number of rotatable bonds is 1. The first-order valence-electron chi connectivity index (χ1n) is 6.97. The van der Waals surface area contributed by atoms with E-state index in [4.69, 9.17) is 4.74 Å². The van der Waals surface area contributed by atoms with Gasteiger partial charge in [0, 0.05) is 0 Å². The van der Waals surface area contributed by atoms with E-state index < -0.39 is 0 Å². The number of hydrogen-bond donors (Lipinski definition) is 1. The van der Waals surface area contributed by atoms with Crippen LogP contribution >= 0.6 is 0 Å². The minimum Gasteiger partial charge on any atom is -0.508 e. The van der Waals surface area contributed by atoms with E-state index in [1.807, 2.05) is 36.4 Å². The van der Waals surface area contributed by atoms with Gasteiger partial charge in [0.05, 0.1) is 5.56 Å². The number of benzene rings is 3. The average Bonchev–Trinajstić information content (AvgIpc) is 2.86. The Morgan fingerprint density at radius 2 is 1.68 bits per heavy atom. The van der Waals surface area contributed by atoms with Crippen molar-refractivity contribution >= 4 is 22.6 Å². The smallest absolute Gasteiger partial charge is 0.232 e. The molecule has 1 heterocycles. The molecule has 0 saturated heterocycles. The third-order valence-corrected chi connectivity index (χ3v) is 3.75. The Kier molecular flexibility index (Phi) is 2.73. The molecule has 0 amide bonds. The van der Waals surface area contributed by atoms with Crippen molar-refractivity contribution in [3.05, 3.63) is 77.5 Å². The van der Waals surface area contributed by atoms with Gasteiger partial charge in [-0.2, -0.15) is 0 Å². The third-order valence-electron chi connectivity index (χ3n) is 3.75. The normalized spacial score (nSPS) is 15.1. The van der Waals surface area contributed by atoms with Crippen LogP contribution in [0.3, 0.4) is 0 Å². The topological polar surface area (TPSA) is 46.5 Å². The molecule has 0 atom stereocenters. The highest BCUT2D eigenvalue weighted by Crippen LogP contribution is 2.37. The van der Waals surface area contributed by atoms with E-state index in [0.717, 1.165) is 16.3 Å². The number of aromatic hydroxyl groups is 1. The summed E-state index contributed by atoms with van der Waals surface area (Å²) in [4.78, 5) is 12.6. The second-order valence-electron chi connectivity index (χ2n) is 5.19. The first-order chi connectivity index (χ1) is 10.7. The Labute approximate surface area is 127 Å². The van der Waals surface area contributed by atoms with E-state index in [9.17, 15) is 9.90 Å². The van der Waals surface area contributed by atoms with E-state index in [-0.39, 0.29) is 11.5 Å². The maximum absolute atomic E-state index is 12.6. The van der Waals surface area contributed by atoms with E-state index in [1.54, 1.807) is 30.3 Å². The van der Waals surface area contributed by atoms with Crippen molar-refractivity contribution in [2.24, 2.45) is 0 Å². The maximum Gasteiger partial charge on any atom is 0.232 e. The number of ether oxygens (including phenoxy) is 1. The highest BCUT2D eigenvalue weighted by molar-refractivity contribution is 6.21. The summed E-state index contributed by atoms with van der Waals surface area (Å²) in [7, 11) is 0. The summed E-state index contributed by atoms with van der Waals surface area (Å²) in [6, 6.07) is 18.2. The molecule has 3 aromatic rings. The Balaban J connectivity index is 1.82. The lowest BCUT2D eigenvalue weighted by molar-refractivity contribution is 0.101. The molecule has 0 unspecified atom stereocenters. The fourth-order valence-electron chi connectivity index (χ4n) is 2.68. The summed E-state index contributed by atoms with van der Waals surface area (Å²) in [5.41, 5.74) is 1.42. The minimum atomic E-state index is -0.111. The van der Waals surface area contributed by atoms with Gasteiger partial charge in [-0.05, 0) is 40.6 Å². The van der Waals surface area contributed by atoms with Gasteiger partial charge in [-0.1, -0.05) is 42.5 Å². The first kappa shape index (κ1) is 12.7. The van der Waals surface area contributed by atoms with Gasteiger partial charge in [-0.3, -0.25) is 4.79 Å². The monoisotopic (exact) mass is 288 g/mol. The number of hydrogen-bond acceptors (Lipinski definition) is 3. The standard InChI is InChI=1S/C19H12O3/c20-14-8-5-12(6-9-14)11-17-19(21)18-15-4-2-1-3-13(15)7-10-16(18)22-17/h1-11,20H/b17-11-. The predicted octanol–water partition coefficient (Wildman–Crippen LogP) is 4.16. The molecule has 0 aliphatic carbocycles. The van der Waals surface area contributed by atoms with Crippen molar-refractivity contribution in [2.75, 3.05) is 0 Å². The molecule has 0 fully saturated rings. The van der Waals surface area contributed by atoms with Gasteiger partial charge in [0.1, 0.15) is 11.5 Å². The van der Waals surface area contributed by atoms with Gasteiger partial charge in [0.15, 0.2) is 5.76 Å². The zero-order chi connectivity index (χ0) is 15.1. The lowest BCUT2D eigenvalue weighted by atomic mass is 10.0. The quantitative estimate of drug-likeness (QED) is 0.684. The van der Waals surface area contributed by atoms with Crippen LogP contribution in [0.4, 0.5) is 0 Å². The van der Waals surface area contributed by atoms with Crippen LogP contribution in [0.2, 0.25) is 0 Å². The summed E-state index contributed by atoms with van der Waals surface area (Å²) in [5, 5.41) is 11.2. The Morgan fingerprint density at radius 1 is 0.909 bits per heavy atom. The molecule has 3 nitrogen and oxygen atoms in total. The number of allylic oxidation sites excluding steroid dienone is 1. The fraction of sp³-hybridized carbons (Fsp3) is 0. The van der Waals surface area contributed by atoms with E-state index in [1.165, 1.54) is 0 Å². The molecule has 1 aliphatic rings. The summed E-state index contributed by atoms with van der Waals surface area (Å²) in [5.74, 6) is 0.973. The van der Waals surface area contributed by atoms with Crippen molar-refractivity contribution < 1.29 is 14.6 Å². The van der Waals surface area contributed by atoms with Crippen LogP contribution < -0.4 is 4.74 Å². The number of Topliss-reactive ketones (excluding diaryl/α,β-unsaturated/α-hetero) is 1. The Bertz CT molecular complexity index is 921. The lowest BCUT2D eigenvalue weighted by Crippen LogP contribution is -1.98.